The van der Waals surface area contributed by atoms with Crippen molar-refractivity contribution >= 4 is 23.4 Å². The molecule has 1 aromatic heterocycles. The number of hydrogen-bond acceptors (Lipinski definition) is 4. The van der Waals surface area contributed by atoms with E-state index in [0.717, 1.165) is 11.4 Å². The summed E-state index contributed by atoms with van der Waals surface area (Å²) in [6, 6.07) is 10.8. The fourth-order valence-electron chi connectivity index (χ4n) is 2.64. The predicted octanol–water partition coefficient (Wildman–Crippen LogP) is 3.22. The lowest BCUT2D eigenvalue weighted by Gasteiger charge is -2.19. The minimum Gasteiger partial charge on any atom is -0.326 e. The number of nitrogens with zero attached hydrogens (tertiary/aromatic N) is 2. The summed E-state index contributed by atoms with van der Waals surface area (Å²) in [5, 5.41) is 3.58. The van der Waals surface area contributed by atoms with E-state index < -0.39 is 0 Å². The van der Waals surface area contributed by atoms with Gasteiger partial charge in [0.15, 0.2) is 5.16 Å². The topological polar surface area (TPSA) is 64.0 Å². The average Bonchev–Trinajstić information content (AvgIpc) is 2.90. The molecule has 0 saturated carbocycles. The Morgan fingerprint density at radius 3 is 2.71 bits per heavy atom. The summed E-state index contributed by atoms with van der Waals surface area (Å²) in [6.07, 6.45) is 0.269. The van der Waals surface area contributed by atoms with Crippen LogP contribution in [0.5, 0.6) is 0 Å². The van der Waals surface area contributed by atoms with Crippen molar-refractivity contribution < 1.29 is 4.79 Å². The van der Waals surface area contributed by atoms with Gasteiger partial charge in [-0.15, -0.1) is 0 Å². The molecule has 0 radical (unpaired) electrons. The minimum absolute atomic E-state index is 0.0764. The Labute approximate surface area is 145 Å². The summed E-state index contributed by atoms with van der Waals surface area (Å²) in [5.41, 5.74) is 1.31. The van der Waals surface area contributed by atoms with Crippen LogP contribution in [0.1, 0.15) is 38.9 Å². The SMILES string of the molecule is CC(C)(C)c1cc(=O)n2c(n1)SCC2CC(=O)Nc1ccccc1. The van der Waals surface area contributed by atoms with E-state index in [1.165, 1.54) is 0 Å². The van der Waals surface area contributed by atoms with Crippen molar-refractivity contribution in [3.63, 3.8) is 0 Å². The molecule has 126 valence electrons. The maximum absolute atomic E-state index is 12.5. The van der Waals surface area contributed by atoms with Gasteiger partial charge in [0.25, 0.3) is 5.56 Å². The highest BCUT2D eigenvalue weighted by atomic mass is 32.2. The summed E-state index contributed by atoms with van der Waals surface area (Å²) in [4.78, 5) is 29.4. The third-order valence-electron chi connectivity index (χ3n) is 3.94. The molecule has 5 nitrogen and oxygen atoms in total. The molecule has 24 heavy (non-hydrogen) atoms. The van der Waals surface area contributed by atoms with E-state index in [2.05, 4.69) is 10.3 Å². The molecule has 1 N–H and O–H groups in total. The number of amides is 1. The fraction of sp³-hybridized carbons (Fsp3) is 0.389. The lowest BCUT2D eigenvalue weighted by atomic mass is 9.92. The largest absolute Gasteiger partial charge is 0.326 e. The Kier molecular flexibility index (Phi) is 4.49. The molecular formula is C18H21N3O2S. The van der Waals surface area contributed by atoms with Gasteiger partial charge in [0.05, 0.1) is 11.7 Å². The molecule has 1 aliphatic rings. The average molecular weight is 343 g/mol. The van der Waals surface area contributed by atoms with Crippen molar-refractivity contribution in [2.75, 3.05) is 11.1 Å². The molecule has 0 fully saturated rings. The van der Waals surface area contributed by atoms with Crippen LogP contribution in [-0.4, -0.2) is 21.2 Å². The number of anilines is 1. The predicted molar refractivity (Wildman–Crippen MR) is 96.6 cm³/mol. The van der Waals surface area contributed by atoms with Crippen molar-refractivity contribution in [2.45, 2.75) is 43.8 Å². The molecule has 1 unspecified atom stereocenters. The van der Waals surface area contributed by atoms with Crippen LogP contribution in [0.4, 0.5) is 5.69 Å². The number of para-hydroxylation sites is 1. The quantitative estimate of drug-likeness (QED) is 0.869. The first-order chi connectivity index (χ1) is 11.3. The number of benzene rings is 1. The smallest absolute Gasteiger partial charge is 0.254 e. The van der Waals surface area contributed by atoms with Gasteiger partial charge in [0, 0.05) is 29.3 Å². The summed E-state index contributed by atoms with van der Waals surface area (Å²) in [5.74, 6) is 0.601. The number of rotatable bonds is 3. The summed E-state index contributed by atoms with van der Waals surface area (Å²) < 4.78 is 1.66. The monoisotopic (exact) mass is 343 g/mol. The van der Waals surface area contributed by atoms with Gasteiger partial charge in [-0.05, 0) is 12.1 Å². The molecule has 1 atom stereocenters. The van der Waals surface area contributed by atoms with Crippen molar-refractivity contribution in [3.05, 3.63) is 52.4 Å². The number of carbonyl (C=O) groups excluding carboxylic acids is 1. The van der Waals surface area contributed by atoms with Crippen LogP contribution in [0.15, 0.2) is 46.3 Å². The Balaban J connectivity index is 1.78. The second-order valence-electron chi connectivity index (χ2n) is 6.97. The number of fused-ring (bicyclic) bond motifs is 1. The zero-order valence-corrected chi connectivity index (χ0v) is 14.9. The molecule has 2 aromatic rings. The zero-order valence-electron chi connectivity index (χ0n) is 14.1. The highest BCUT2D eigenvalue weighted by Gasteiger charge is 2.29. The van der Waals surface area contributed by atoms with Gasteiger partial charge in [0.1, 0.15) is 0 Å². The maximum Gasteiger partial charge on any atom is 0.254 e. The van der Waals surface area contributed by atoms with Crippen LogP contribution in [0, 0.1) is 0 Å². The van der Waals surface area contributed by atoms with Gasteiger partial charge in [-0.1, -0.05) is 50.7 Å². The molecular weight excluding hydrogens is 322 g/mol. The number of hydrogen-bond donors (Lipinski definition) is 1. The van der Waals surface area contributed by atoms with Gasteiger partial charge in [-0.25, -0.2) is 4.98 Å². The van der Waals surface area contributed by atoms with Crippen LogP contribution in [0.3, 0.4) is 0 Å². The first-order valence-electron chi connectivity index (χ1n) is 7.96. The molecule has 1 aliphatic heterocycles. The second kappa shape index (κ2) is 6.43. The third kappa shape index (κ3) is 3.53. The Hall–Kier alpha value is -2.08. The molecule has 0 spiro atoms. The van der Waals surface area contributed by atoms with Gasteiger partial charge < -0.3 is 5.32 Å². The molecule has 3 rings (SSSR count). The zero-order chi connectivity index (χ0) is 17.3. The van der Waals surface area contributed by atoms with Gasteiger partial charge in [-0.3, -0.25) is 14.2 Å². The van der Waals surface area contributed by atoms with Crippen molar-refractivity contribution in [1.29, 1.82) is 0 Å². The Morgan fingerprint density at radius 1 is 1.33 bits per heavy atom. The summed E-state index contributed by atoms with van der Waals surface area (Å²) >= 11 is 1.54. The number of thioether (sulfide) groups is 1. The van der Waals surface area contributed by atoms with Crippen molar-refractivity contribution in [3.8, 4) is 0 Å². The Bertz CT molecular complexity index is 809. The van der Waals surface area contributed by atoms with Crippen LogP contribution in [-0.2, 0) is 10.2 Å². The molecule has 0 saturated heterocycles. The molecule has 0 bridgehead atoms. The van der Waals surface area contributed by atoms with Gasteiger partial charge >= 0.3 is 0 Å². The van der Waals surface area contributed by atoms with Crippen LogP contribution < -0.4 is 10.9 Å². The van der Waals surface area contributed by atoms with Crippen molar-refractivity contribution in [1.82, 2.24) is 9.55 Å². The van der Waals surface area contributed by atoms with E-state index in [0.29, 0.717) is 10.9 Å². The third-order valence-corrected chi connectivity index (χ3v) is 5.03. The minimum atomic E-state index is -0.169. The van der Waals surface area contributed by atoms with E-state index in [1.807, 2.05) is 51.1 Å². The van der Waals surface area contributed by atoms with Gasteiger partial charge in [0.2, 0.25) is 5.91 Å². The highest BCUT2D eigenvalue weighted by molar-refractivity contribution is 7.99. The first-order valence-corrected chi connectivity index (χ1v) is 8.95. The van der Waals surface area contributed by atoms with E-state index in [1.54, 1.807) is 22.4 Å². The summed E-state index contributed by atoms with van der Waals surface area (Å²) in [6.45, 7) is 6.11. The van der Waals surface area contributed by atoms with E-state index in [9.17, 15) is 9.59 Å². The van der Waals surface area contributed by atoms with E-state index >= 15 is 0 Å². The Morgan fingerprint density at radius 2 is 2.04 bits per heavy atom. The first kappa shape index (κ1) is 16.8. The van der Waals surface area contributed by atoms with Gasteiger partial charge in [-0.2, -0.15) is 0 Å². The van der Waals surface area contributed by atoms with E-state index in [-0.39, 0.29) is 29.3 Å². The molecule has 1 amide bonds. The van der Waals surface area contributed by atoms with Crippen LogP contribution in [0.25, 0.3) is 0 Å². The molecule has 2 heterocycles. The second-order valence-corrected chi connectivity index (χ2v) is 7.95. The van der Waals surface area contributed by atoms with E-state index in [4.69, 9.17) is 0 Å². The number of carbonyl (C=O) groups is 1. The normalized spacial score (nSPS) is 16.7. The molecule has 0 aliphatic carbocycles. The van der Waals surface area contributed by atoms with Crippen LogP contribution >= 0.6 is 11.8 Å². The standard InChI is InChI=1S/C18H21N3O2S/c1-18(2,3)14-10-16(23)21-13(11-24-17(21)20-14)9-15(22)19-12-7-5-4-6-8-12/h4-8,10,13H,9,11H2,1-3H3,(H,19,22). The number of nitrogens with one attached hydrogen (secondary N) is 1. The lowest BCUT2D eigenvalue weighted by Crippen LogP contribution is -2.29. The number of aromatic nitrogens is 2. The molecule has 6 heteroatoms. The maximum atomic E-state index is 12.5. The van der Waals surface area contributed by atoms with Crippen LogP contribution in [0.2, 0.25) is 0 Å². The molecule has 1 aromatic carbocycles. The highest BCUT2D eigenvalue weighted by Crippen LogP contribution is 2.33. The summed E-state index contributed by atoms with van der Waals surface area (Å²) in [7, 11) is 0. The van der Waals surface area contributed by atoms with Crippen molar-refractivity contribution in [2.24, 2.45) is 0 Å². The lowest BCUT2D eigenvalue weighted by molar-refractivity contribution is -0.116. The fourth-order valence-corrected chi connectivity index (χ4v) is 3.78.